The molecule has 3 N–H and O–H groups in total. The van der Waals surface area contributed by atoms with Crippen LogP contribution >= 0.6 is 0 Å². The van der Waals surface area contributed by atoms with Gasteiger partial charge in [0, 0.05) is 12.5 Å². The summed E-state index contributed by atoms with van der Waals surface area (Å²) < 4.78 is 0. The molecule has 2 atom stereocenters. The minimum Gasteiger partial charge on any atom is -0.388 e. The lowest BCUT2D eigenvalue weighted by atomic mass is 9.88. The highest BCUT2D eigenvalue weighted by molar-refractivity contribution is 5.34. The van der Waals surface area contributed by atoms with Gasteiger partial charge in [-0.2, -0.15) is 0 Å². The van der Waals surface area contributed by atoms with Crippen LogP contribution in [-0.4, -0.2) is 11.7 Å². The predicted molar refractivity (Wildman–Crippen MR) is 79.1 cm³/mol. The number of aliphatic hydroxyl groups is 1. The van der Waals surface area contributed by atoms with Crippen LogP contribution in [0.25, 0.3) is 0 Å². The zero-order valence-electron chi connectivity index (χ0n) is 11.5. The summed E-state index contributed by atoms with van der Waals surface area (Å²) in [6.07, 6.45) is -0.562. The van der Waals surface area contributed by atoms with Crippen molar-refractivity contribution in [3.8, 4) is 0 Å². The van der Waals surface area contributed by atoms with Gasteiger partial charge >= 0.3 is 0 Å². The van der Waals surface area contributed by atoms with E-state index in [0.29, 0.717) is 6.54 Å². The summed E-state index contributed by atoms with van der Waals surface area (Å²) in [5.74, 6) is -0.0679. The second-order valence-corrected chi connectivity index (χ2v) is 5.04. The number of benzene rings is 2. The van der Waals surface area contributed by atoms with Gasteiger partial charge in [-0.25, -0.2) is 0 Å². The van der Waals surface area contributed by atoms with Gasteiger partial charge < -0.3 is 10.8 Å². The van der Waals surface area contributed by atoms with Crippen molar-refractivity contribution in [2.45, 2.75) is 25.9 Å². The normalized spacial score (nSPS) is 14.1. The van der Waals surface area contributed by atoms with Crippen molar-refractivity contribution in [1.82, 2.24) is 0 Å². The zero-order valence-corrected chi connectivity index (χ0v) is 11.5. The number of rotatable bonds is 4. The van der Waals surface area contributed by atoms with Gasteiger partial charge in [0.1, 0.15) is 0 Å². The molecule has 0 heterocycles. The third kappa shape index (κ3) is 3.03. The van der Waals surface area contributed by atoms with Crippen molar-refractivity contribution in [2.24, 2.45) is 5.73 Å². The first-order chi connectivity index (χ1) is 9.13. The molecule has 0 radical (unpaired) electrons. The maximum Gasteiger partial charge on any atom is 0.0870 e. The van der Waals surface area contributed by atoms with Gasteiger partial charge in [-0.1, -0.05) is 48.5 Å². The van der Waals surface area contributed by atoms with Crippen LogP contribution in [0.2, 0.25) is 0 Å². The third-order valence-corrected chi connectivity index (χ3v) is 3.74. The first-order valence-corrected chi connectivity index (χ1v) is 6.63. The van der Waals surface area contributed by atoms with Gasteiger partial charge in [-0.3, -0.25) is 0 Å². The molecule has 19 heavy (non-hydrogen) atoms. The van der Waals surface area contributed by atoms with Gasteiger partial charge in [0.25, 0.3) is 0 Å². The van der Waals surface area contributed by atoms with E-state index in [1.54, 1.807) is 0 Å². The fourth-order valence-corrected chi connectivity index (χ4v) is 2.33. The second kappa shape index (κ2) is 6.00. The molecule has 0 aromatic heterocycles. The molecule has 0 aliphatic heterocycles. The predicted octanol–water partition coefficient (Wildman–Crippen LogP) is 3.08. The number of nitrogens with two attached hydrogens (primary N) is 1. The fourth-order valence-electron chi connectivity index (χ4n) is 2.33. The van der Waals surface area contributed by atoms with Crippen LogP contribution < -0.4 is 5.73 Å². The van der Waals surface area contributed by atoms with E-state index in [4.69, 9.17) is 5.73 Å². The topological polar surface area (TPSA) is 46.2 Å². The van der Waals surface area contributed by atoms with Crippen molar-refractivity contribution in [2.75, 3.05) is 6.54 Å². The fraction of sp³-hybridized carbons (Fsp3) is 0.294. The molecule has 0 aliphatic rings. The first kappa shape index (κ1) is 13.8. The van der Waals surface area contributed by atoms with Gasteiger partial charge in [0.15, 0.2) is 0 Å². The van der Waals surface area contributed by atoms with Crippen molar-refractivity contribution >= 4 is 0 Å². The Morgan fingerprint density at radius 2 is 1.63 bits per heavy atom. The Kier molecular flexibility index (Phi) is 4.35. The Morgan fingerprint density at radius 1 is 0.947 bits per heavy atom. The summed E-state index contributed by atoms with van der Waals surface area (Å²) in [5, 5.41) is 10.5. The third-order valence-electron chi connectivity index (χ3n) is 3.74. The summed E-state index contributed by atoms with van der Waals surface area (Å²) in [6, 6.07) is 16.0. The summed E-state index contributed by atoms with van der Waals surface area (Å²) in [7, 11) is 0. The summed E-state index contributed by atoms with van der Waals surface area (Å²) >= 11 is 0. The van der Waals surface area contributed by atoms with E-state index >= 15 is 0 Å². The molecule has 0 aliphatic carbocycles. The SMILES string of the molecule is Cc1ccc(C(CN)C(O)c2ccccc2)cc1C. The lowest BCUT2D eigenvalue weighted by Crippen LogP contribution is -2.20. The molecule has 0 bridgehead atoms. The van der Waals surface area contributed by atoms with E-state index in [2.05, 4.69) is 32.0 Å². The lowest BCUT2D eigenvalue weighted by molar-refractivity contribution is 0.147. The largest absolute Gasteiger partial charge is 0.388 e. The van der Waals surface area contributed by atoms with E-state index in [1.165, 1.54) is 11.1 Å². The monoisotopic (exact) mass is 255 g/mol. The van der Waals surface area contributed by atoms with E-state index in [9.17, 15) is 5.11 Å². The molecule has 2 nitrogen and oxygen atoms in total. The van der Waals surface area contributed by atoms with Crippen LogP contribution in [0.5, 0.6) is 0 Å². The Morgan fingerprint density at radius 3 is 2.21 bits per heavy atom. The molecule has 2 rings (SSSR count). The summed E-state index contributed by atoms with van der Waals surface area (Å²) in [6.45, 7) is 4.60. The lowest BCUT2D eigenvalue weighted by Gasteiger charge is -2.23. The minimum absolute atomic E-state index is 0.0679. The Balaban J connectivity index is 2.31. The van der Waals surface area contributed by atoms with Gasteiger partial charge in [0.05, 0.1) is 6.10 Å². The van der Waals surface area contributed by atoms with Crippen molar-refractivity contribution in [3.63, 3.8) is 0 Å². The molecule has 2 aromatic rings. The molecule has 0 fully saturated rings. The zero-order chi connectivity index (χ0) is 13.8. The number of hydrogen-bond acceptors (Lipinski definition) is 2. The number of hydrogen-bond donors (Lipinski definition) is 2. The highest BCUT2D eigenvalue weighted by Crippen LogP contribution is 2.30. The van der Waals surface area contributed by atoms with Gasteiger partial charge in [0.2, 0.25) is 0 Å². The van der Waals surface area contributed by atoms with Gasteiger partial charge in [-0.05, 0) is 36.1 Å². The Hall–Kier alpha value is -1.64. The van der Waals surface area contributed by atoms with Crippen molar-refractivity contribution < 1.29 is 5.11 Å². The minimum atomic E-state index is -0.562. The van der Waals surface area contributed by atoms with E-state index in [0.717, 1.165) is 11.1 Å². The van der Waals surface area contributed by atoms with Crippen LogP contribution in [0, 0.1) is 13.8 Å². The van der Waals surface area contributed by atoms with Crippen LogP contribution in [-0.2, 0) is 0 Å². The molecule has 2 unspecified atom stereocenters. The van der Waals surface area contributed by atoms with Crippen molar-refractivity contribution in [3.05, 3.63) is 70.8 Å². The maximum atomic E-state index is 10.5. The van der Waals surface area contributed by atoms with E-state index < -0.39 is 6.10 Å². The van der Waals surface area contributed by atoms with Crippen LogP contribution in [0.1, 0.15) is 34.3 Å². The smallest absolute Gasteiger partial charge is 0.0870 e. The maximum absolute atomic E-state index is 10.5. The molecule has 0 amide bonds. The average molecular weight is 255 g/mol. The second-order valence-electron chi connectivity index (χ2n) is 5.04. The average Bonchev–Trinajstić information content (AvgIpc) is 2.44. The van der Waals surface area contributed by atoms with Gasteiger partial charge in [-0.15, -0.1) is 0 Å². The van der Waals surface area contributed by atoms with Crippen molar-refractivity contribution in [1.29, 1.82) is 0 Å². The highest BCUT2D eigenvalue weighted by atomic mass is 16.3. The van der Waals surface area contributed by atoms with Crippen LogP contribution in [0.15, 0.2) is 48.5 Å². The summed E-state index contributed by atoms with van der Waals surface area (Å²) in [5.41, 5.74) is 10.4. The Bertz CT molecular complexity index is 536. The molecular weight excluding hydrogens is 234 g/mol. The molecule has 0 saturated carbocycles. The Labute approximate surface area is 114 Å². The summed E-state index contributed by atoms with van der Waals surface area (Å²) in [4.78, 5) is 0. The standard InChI is InChI=1S/C17H21NO/c1-12-8-9-15(10-13(12)2)16(11-18)17(19)14-6-4-3-5-7-14/h3-10,16-17,19H,11,18H2,1-2H3. The molecular formula is C17H21NO. The van der Waals surface area contributed by atoms with E-state index in [-0.39, 0.29) is 5.92 Å². The molecule has 0 spiro atoms. The molecule has 100 valence electrons. The first-order valence-electron chi connectivity index (χ1n) is 6.63. The quantitative estimate of drug-likeness (QED) is 0.882. The van der Waals surface area contributed by atoms with Crippen LogP contribution in [0.4, 0.5) is 0 Å². The number of aryl methyl sites for hydroxylation is 2. The molecule has 2 heteroatoms. The molecule has 2 aromatic carbocycles. The highest BCUT2D eigenvalue weighted by Gasteiger charge is 2.21. The van der Waals surface area contributed by atoms with Crippen LogP contribution in [0.3, 0.4) is 0 Å². The van der Waals surface area contributed by atoms with E-state index in [1.807, 2.05) is 30.3 Å². The number of aliphatic hydroxyl groups excluding tert-OH is 1. The molecule has 0 saturated heterocycles.